The quantitative estimate of drug-likeness (QED) is 0.174. The van der Waals surface area contributed by atoms with Gasteiger partial charge in [0.15, 0.2) is 17.5 Å². The summed E-state index contributed by atoms with van der Waals surface area (Å²) in [4.78, 5) is 15.6. The summed E-state index contributed by atoms with van der Waals surface area (Å²) < 4.78 is 5.09. The number of aromatic nitrogens is 4. The van der Waals surface area contributed by atoms with Crippen molar-refractivity contribution in [3.63, 3.8) is 0 Å². The number of thiophene rings is 1. The molecule has 12 rings (SSSR count). The van der Waals surface area contributed by atoms with Crippen molar-refractivity contribution in [2.75, 3.05) is 0 Å². The van der Waals surface area contributed by atoms with Gasteiger partial charge in [0, 0.05) is 58.7 Å². The summed E-state index contributed by atoms with van der Waals surface area (Å²) in [6.45, 7) is 9.66. The van der Waals surface area contributed by atoms with Crippen LogP contribution in [0.5, 0.6) is 0 Å². The third-order valence-electron chi connectivity index (χ3n) is 13.5. The Hall–Kier alpha value is -6.95. The van der Waals surface area contributed by atoms with Gasteiger partial charge in [-0.1, -0.05) is 149 Å². The van der Waals surface area contributed by atoms with Crippen molar-refractivity contribution >= 4 is 64.1 Å². The highest BCUT2D eigenvalue weighted by Crippen LogP contribution is 2.49. The minimum absolute atomic E-state index is 0.0711. The van der Waals surface area contributed by atoms with Crippen LogP contribution in [0.4, 0.5) is 0 Å². The summed E-state index contributed by atoms with van der Waals surface area (Å²) in [6, 6.07) is 61.5. The van der Waals surface area contributed by atoms with E-state index in [2.05, 4.69) is 184 Å². The second kappa shape index (κ2) is 13.8. The topological polar surface area (TPSA) is 43.6 Å². The van der Waals surface area contributed by atoms with E-state index < -0.39 is 0 Å². The Kier molecular flexibility index (Phi) is 8.20. The molecule has 1 aliphatic rings. The number of nitrogens with zero attached hydrogens (tertiary/aromatic N) is 4. The van der Waals surface area contributed by atoms with Crippen LogP contribution in [0, 0.1) is 0 Å². The van der Waals surface area contributed by atoms with Crippen LogP contribution >= 0.6 is 11.3 Å². The highest BCUT2D eigenvalue weighted by Gasteiger charge is 2.38. The molecule has 5 heteroatoms. The molecule has 1 aliphatic carbocycles. The molecule has 0 aliphatic heterocycles. The van der Waals surface area contributed by atoms with E-state index in [1.165, 1.54) is 75.9 Å². The molecular weight excluding hydrogens is 773 g/mol. The first-order valence-electron chi connectivity index (χ1n) is 21.6. The molecule has 0 saturated heterocycles. The lowest BCUT2D eigenvalue weighted by molar-refractivity contribution is 0.332. The van der Waals surface area contributed by atoms with Gasteiger partial charge < -0.3 is 4.57 Å². The Morgan fingerprint density at radius 3 is 1.81 bits per heavy atom. The van der Waals surface area contributed by atoms with Crippen LogP contribution in [0.25, 0.3) is 104 Å². The molecule has 0 N–H and O–H groups in total. The van der Waals surface area contributed by atoms with E-state index in [4.69, 9.17) is 15.0 Å². The van der Waals surface area contributed by atoms with Gasteiger partial charge in [0.2, 0.25) is 0 Å². The summed E-state index contributed by atoms with van der Waals surface area (Å²) in [5, 5.41) is 7.61. The minimum Gasteiger partial charge on any atom is -0.309 e. The van der Waals surface area contributed by atoms with Gasteiger partial charge in [-0.3, -0.25) is 0 Å². The highest BCUT2D eigenvalue weighted by atomic mass is 32.1. The molecule has 0 fully saturated rings. The van der Waals surface area contributed by atoms with Crippen LogP contribution in [-0.2, 0) is 10.8 Å². The van der Waals surface area contributed by atoms with E-state index >= 15 is 0 Å². The molecular formula is C57H44N4S. The second-order valence-corrected chi connectivity index (χ2v) is 19.4. The van der Waals surface area contributed by atoms with Crippen molar-refractivity contribution in [3.8, 4) is 51.0 Å². The Morgan fingerprint density at radius 2 is 1.02 bits per heavy atom. The van der Waals surface area contributed by atoms with Crippen LogP contribution in [-0.4, -0.2) is 19.5 Å². The zero-order chi connectivity index (χ0) is 41.7. The first-order chi connectivity index (χ1) is 30.2. The smallest absolute Gasteiger partial charge is 0.164 e. The Bertz CT molecular complexity index is 3590. The maximum Gasteiger partial charge on any atom is 0.164 e. The van der Waals surface area contributed by atoms with Crippen molar-refractivity contribution in [2.45, 2.75) is 51.4 Å². The van der Waals surface area contributed by atoms with E-state index in [0.717, 1.165) is 34.4 Å². The Balaban J connectivity index is 1.04. The zero-order valence-corrected chi connectivity index (χ0v) is 36.1. The molecule has 4 nitrogen and oxygen atoms in total. The van der Waals surface area contributed by atoms with Gasteiger partial charge in [0.25, 0.3) is 0 Å². The first kappa shape index (κ1) is 36.9. The Morgan fingerprint density at radius 1 is 0.419 bits per heavy atom. The fourth-order valence-corrected chi connectivity index (χ4v) is 11.1. The molecule has 0 amide bonds. The molecule has 298 valence electrons. The summed E-state index contributed by atoms with van der Waals surface area (Å²) in [6.07, 6.45) is 2.33. The molecule has 0 radical (unpaired) electrons. The molecule has 0 saturated carbocycles. The lowest BCUT2D eigenvalue weighted by Crippen LogP contribution is -2.33. The molecule has 8 aromatic carbocycles. The van der Waals surface area contributed by atoms with Crippen LogP contribution in [0.1, 0.15) is 51.7 Å². The van der Waals surface area contributed by atoms with Gasteiger partial charge in [0.05, 0.1) is 11.0 Å². The van der Waals surface area contributed by atoms with Gasteiger partial charge in [-0.25, -0.2) is 15.0 Å². The normalized spacial score (nSPS) is 14.6. The van der Waals surface area contributed by atoms with E-state index in [-0.39, 0.29) is 10.8 Å². The molecule has 0 bridgehead atoms. The number of hydrogen-bond donors (Lipinski definition) is 0. The number of hydrogen-bond acceptors (Lipinski definition) is 4. The van der Waals surface area contributed by atoms with Crippen molar-refractivity contribution in [2.24, 2.45) is 0 Å². The van der Waals surface area contributed by atoms with Crippen LogP contribution in [0.2, 0.25) is 0 Å². The fourth-order valence-electron chi connectivity index (χ4n) is 9.98. The van der Waals surface area contributed by atoms with E-state index in [9.17, 15) is 0 Å². The van der Waals surface area contributed by atoms with Gasteiger partial charge in [0.1, 0.15) is 0 Å². The molecule has 3 aromatic heterocycles. The standard InChI is InChI=1S/C57H44N4S/c1-56(2)28-29-57(3,4)48-34-49-45(33-47(48)56)44-26-24-35-14-8-9-21-42(35)52(44)61(49)41-20-13-19-40(31-41)55-59-53(36-15-6-5-7-16-36)58-54(60-55)39-18-12-17-37(30-39)38-25-27-51-46(32-38)43-22-10-11-23-50(43)62-51/h5-27,30-34H,28-29H2,1-4H3. The minimum atomic E-state index is 0.0711. The van der Waals surface area contributed by atoms with E-state index in [1.54, 1.807) is 0 Å². The number of rotatable bonds is 5. The van der Waals surface area contributed by atoms with Gasteiger partial charge >= 0.3 is 0 Å². The number of fused-ring (bicyclic) bond motifs is 9. The molecule has 0 atom stereocenters. The largest absolute Gasteiger partial charge is 0.309 e. The summed E-state index contributed by atoms with van der Waals surface area (Å²) in [5.41, 5.74) is 11.7. The first-order valence-corrected chi connectivity index (χ1v) is 22.5. The number of benzene rings is 8. The van der Waals surface area contributed by atoms with E-state index in [1.807, 2.05) is 29.5 Å². The molecule has 62 heavy (non-hydrogen) atoms. The third kappa shape index (κ3) is 5.90. The van der Waals surface area contributed by atoms with Crippen molar-refractivity contribution in [3.05, 3.63) is 181 Å². The van der Waals surface area contributed by atoms with Crippen LogP contribution in [0.15, 0.2) is 170 Å². The molecule has 3 heterocycles. The van der Waals surface area contributed by atoms with Crippen molar-refractivity contribution in [1.82, 2.24) is 19.5 Å². The summed E-state index contributed by atoms with van der Waals surface area (Å²) >= 11 is 1.84. The Labute approximate surface area is 365 Å². The monoisotopic (exact) mass is 816 g/mol. The molecule has 0 unspecified atom stereocenters. The second-order valence-electron chi connectivity index (χ2n) is 18.3. The van der Waals surface area contributed by atoms with Crippen LogP contribution < -0.4 is 0 Å². The van der Waals surface area contributed by atoms with Crippen LogP contribution in [0.3, 0.4) is 0 Å². The maximum atomic E-state index is 5.28. The fraction of sp³-hybridized carbons (Fsp3) is 0.140. The lowest BCUT2D eigenvalue weighted by Gasteiger charge is -2.42. The highest BCUT2D eigenvalue weighted by molar-refractivity contribution is 7.25. The van der Waals surface area contributed by atoms with Gasteiger partial charge in [-0.15, -0.1) is 11.3 Å². The molecule has 11 aromatic rings. The predicted molar refractivity (Wildman–Crippen MR) is 262 cm³/mol. The average molecular weight is 817 g/mol. The SMILES string of the molecule is CC1(C)CCC(C)(C)c2cc3c(cc21)c1ccc2ccccc2c1n3-c1cccc(-c2nc(-c3ccccc3)nc(-c3cccc(-c4ccc5sc6ccccc6c5c4)c3)n2)c1. The van der Waals surface area contributed by atoms with Crippen molar-refractivity contribution in [1.29, 1.82) is 0 Å². The van der Waals surface area contributed by atoms with E-state index in [0.29, 0.717) is 17.5 Å². The van der Waals surface area contributed by atoms with Gasteiger partial charge in [-0.05, 0) is 99.8 Å². The maximum absolute atomic E-state index is 5.28. The molecule has 0 spiro atoms. The average Bonchev–Trinajstić information content (AvgIpc) is 3.86. The zero-order valence-electron chi connectivity index (χ0n) is 35.3. The van der Waals surface area contributed by atoms with Gasteiger partial charge in [-0.2, -0.15) is 0 Å². The summed E-state index contributed by atoms with van der Waals surface area (Å²) in [7, 11) is 0. The van der Waals surface area contributed by atoms with Crippen molar-refractivity contribution < 1.29 is 0 Å². The summed E-state index contributed by atoms with van der Waals surface area (Å²) in [5.74, 6) is 1.92. The predicted octanol–water partition coefficient (Wildman–Crippen LogP) is 15.5. The lowest BCUT2D eigenvalue weighted by atomic mass is 9.63. The third-order valence-corrected chi connectivity index (χ3v) is 14.6.